The van der Waals surface area contributed by atoms with Gasteiger partial charge in [-0.1, -0.05) is 58.8 Å². The average molecular weight is 619 g/mol. The van der Waals surface area contributed by atoms with Crippen LogP contribution in [-0.4, -0.2) is 55.8 Å². The molecule has 2 heterocycles. The Morgan fingerprint density at radius 2 is 0.978 bits per heavy atom. The minimum Gasteiger partial charge on any atom is -0.409 e. The lowest BCUT2D eigenvalue weighted by Crippen LogP contribution is -2.16. The third-order valence-corrected chi connectivity index (χ3v) is 7.42. The molecule has 0 saturated carbocycles. The summed E-state index contributed by atoms with van der Waals surface area (Å²) in [7, 11) is 0. The number of aliphatic imine (C=N–C) groups is 2. The number of para-hydroxylation sites is 2. The fourth-order valence-electron chi connectivity index (χ4n) is 5.41. The molecule has 0 unspecified atom stereocenters. The van der Waals surface area contributed by atoms with Crippen LogP contribution < -0.4 is 22.9 Å². The van der Waals surface area contributed by atoms with Gasteiger partial charge in [-0.25, -0.2) is 0 Å². The summed E-state index contributed by atoms with van der Waals surface area (Å²) in [4.78, 5) is 15.6. The Bertz CT molecular complexity index is 2180. The highest BCUT2D eigenvalue weighted by atomic mass is 16.4. The van der Waals surface area contributed by atoms with Gasteiger partial charge in [-0.05, 0) is 52.0 Å². The minimum atomic E-state index is 0.0313. The molecule has 0 amide bonds. The van der Waals surface area contributed by atoms with Crippen molar-refractivity contribution in [3.8, 4) is 0 Å². The summed E-state index contributed by atoms with van der Waals surface area (Å²) < 4.78 is 0. The predicted octanol–water partition coefficient (Wildman–Crippen LogP) is 5.06. The number of aromatic amines is 2. The summed E-state index contributed by atoms with van der Waals surface area (Å²) in [6.45, 7) is 8.05. The summed E-state index contributed by atoms with van der Waals surface area (Å²) in [6, 6.07) is 23.5. The van der Waals surface area contributed by atoms with E-state index in [1.807, 2.05) is 70.2 Å². The van der Waals surface area contributed by atoms with Gasteiger partial charge in [-0.15, -0.1) is 0 Å². The van der Waals surface area contributed by atoms with Gasteiger partial charge in [0.15, 0.2) is 11.7 Å². The number of hydrogen-bond donors (Lipinski definition) is 8. The Morgan fingerprint density at radius 3 is 1.43 bits per heavy atom. The SMILES string of the molecule is CC(C)N=C(N)c1ccc2c(c1)[nH]c1c(C(N)=NC(C)C)cccc12.NC(=NO)c1ccc2c(c1)[nH]c1c(C(N)=NO)cccc12. The molecular weight excluding hydrogens is 580 g/mol. The summed E-state index contributed by atoms with van der Waals surface area (Å²) in [5.41, 5.74) is 30.2. The maximum atomic E-state index is 8.86. The summed E-state index contributed by atoms with van der Waals surface area (Å²) in [5, 5.41) is 27.8. The van der Waals surface area contributed by atoms with Crippen molar-refractivity contribution in [2.24, 2.45) is 43.2 Å². The van der Waals surface area contributed by atoms with Crippen LogP contribution in [0.2, 0.25) is 0 Å². The molecule has 0 bridgehead atoms. The number of nitrogens with zero attached hydrogens (tertiary/aromatic N) is 4. The highest BCUT2D eigenvalue weighted by Crippen LogP contribution is 2.30. The lowest BCUT2D eigenvalue weighted by molar-refractivity contribution is 0.318. The van der Waals surface area contributed by atoms with Gasteiger partial charge in [-0.3, -0.25) is 9.98 Å². The molecule has 0 aliphatic heterocycles. The van der Waals surface area contributed by atoms with Crippen molar-refractivity contribution in [3.05, 3.63) is 95.1 Å². The third kappa shape index (κ3) is 6.13. The van der Waals surface area contributed by atoms with E-state index in [1.54, 1.807) is 18.2 Å². The number of fused-ring (bicyclic) bond motifs is 6. The number of benzene rings is 4. The van der Waals surface area contributed by atoms with Gasteiger partial charge in [-0.2, -0.15) is 0 Å². The van der Waals surface area contributed by atoms with Gasteiger partial charge in [0, 0.05) is 66.9 Å². The normalized spacial score (nSPS) is 13.3. The number of nitrogens with two attached hydrogens (primary N) is 4. The molecule has 0 saturated heterocycles. The van der Waals surface area contributed by atoms with E-state index in [9.17, 15) is 0 Å². The number of hydrogen-bond acceptors (Lipinski definition) is 6. The molecule has 0 aliphatic rings. The van der Waals surface area contributed by atoms with Crippen LogP contribution in [0.4, 0.5) is 0 Å². The molecule has 0 radical (unpaired) electrons. The molecule has 2 aromatic heterocycles. The van der Waals surface area contributed by atoms with E-state index in [0.717, 1.165) is 54.7 Å². The van der Waals surface area contributed by atoms with Crippen LogP contribution >= 0.6 is 0 Å². The van der Waals surface area contributed by atoms with Gasteiger partial charge < -0.3 is 43.3 Å². The zero-order valence-corrected chi connectivity index (χ0v) is 26.1. The first-order valence-electron chi connectivity index (χ1n) is 14.7. The van der Waals surface area contributed by atoms with E-state index in [2.05, 4.69) is 42.4 Å². The average Bonchev–Trinajstić information content (AvgIpc) is 3.61. The fourth-order valence-corrected chi connectivity index (χ4v) is 5.41. The molecule has 6 aromatic rings. The first-order chi connectivity index (χ1) is 22.0. The van der Waals surface area contributed by atoms with Crippen molar-refractivity contribution < 1.29 is 10.4 Å². The lowest BCUT2D eigenvalue weighted by Gasteiger charge is -2.04. The molecule has 0 spiro atoms. The molecule has 0 fully saturated rings. The maximum absolute atomic E-state index is 8.86. The van der Waals surface area contributed by atoms with Crippen molar-refractivity contribution in [2.75, 3.05) is 0 Å². The Morgan fingerprint density at radius 1 is 0.543 bits per heavy atom. The van der Waals surface area contributed by atoms with Crippen molar-refractivity contribution in [1.29, 1.82) is 0 Å². The number of oxime groups is 2. The summed E-state index contributed by atoms with van der Waals surface area (Å²) in [5.74, 6) is 1.17. The minimum absolute atomic E-state index is 0.0313. The molecular formula is C34H38N10O2. The van der Waals surface area contributed by atoms with Crippen LogP contribution in [0, 0.1) is 0 Å². The van der Waals surface area contributed by atoms with Crippen molar-refractivity contribution in [1.82, 2.24) is 9.97 Å². The summed E-state index contributed by atoms with van der Waals surface area (Å²) in [6.07, 6.45) is 0. The Labute approximate surface area is 265 Å². The predicted molar refractivity (Wildman–Crippen MR) is 188 cm³/mol. The quantitative estimate of drug-likeness (QED) is 0.0550. The second-order valence-electron chi connectivity index (χ2n) is 11.4. The largest absolute Gasteiger partial charge is 0.409 e. The van der Waals surface area contributed by atoms with Gasteiger partial charge >= 0.3 is 0 Å². The monoisotopic (exact) mass is 618 g/mol. The molecule has 0 atom stereocenters. The van der Waals surface area contributed by atoms with Crippen molar-refractivity contribution in [2.45, 2.75) is 39.8 Å². The number of aromatic nitrogens is 2. The number of amidine groups is 4. The molecule has 12 nitrogen and oxygen atoms in total. The van der Waals surface area contributed by atoms with Crippen molar-refractivity contribution in [3.63, 3.8) is 0 Å². The lowest BCUT2D eigenvalue weighted by atomic mass is 10.1. The first kappa shape index (κ1) is 31.4. The standard InChI is InChI=1S/C20H25N5.C14H13N5O2/c1-11(2)23-19(21)13-8-9-14-15-6-5-7-16(20(22)24-12(3)4)18(15)25-17(14)10-13;15-13(18-20)7-4-5-8-9-2-1-3-10(14(16)19-21)12(9)17-11(8)6-7/h5-12,25H,1-4H3,(H2,21,23)(H2,22,24);1-6,17,20-21H,(H2,15,18)(H2,16,19). The van der Waals surface area contributed by atoms with Gasteiger partial charge in [0.25, 0.3) is 0 Å². The van der Waals surface area contributed by atoms with E-state index >= 15 is 0 Å². The molecule has 4 aromatic carbocycles. The smallest absolute Gasteiger partial charge is 0.172 e. The molecule has 46 heavy (non-hydrogen) atoms. The number of nitrogens with one attached hydrogen (secondary N) is 2. The number of rotatable bonds is 6. The molecule has 6 rings (SSSR count). The van der Waals surface area contributed by atoms with Crippen LogP contribution in [0.5, 0.6) is 0 Å². The van der Waals surface area contributed by atoms with Crippen LogP contribution in [-0.2, 0) is 0 Å². The molecule has 0 aliphatic carbocycles. The first-order valence-corrected chi connectivity index (χ1v) is 14.7. The second-order valence-corrected chi connectivity index (χ2v) is 11.4. The highest BCUT2D eigenvalue weighted by molar-refractivity contribution is 6.18. The van der Waals surface area contributed by atoms with E-state index in [1.165, 1.54) is 0 Å². The van der Waals surface area contributed by atoms with Crippen LogP contribution in [0.15, 0.2) is 93.1 Å². The van der Waals surface area contributed by atoms with Crippen LogP contribution in [0.1, 0.15) is 49.9 Å². The van der Waals surface area contributed by atoms with Crippen LogP contribution in [0.25, 0.3) is 43.6 Å². The Kier molecular flexibility index (Phi) is 8.80. The zero-order valence-electron chi connectivity index (χ0n) is 26.1. The third-order valence-electron chi connectivity index (χ3n) is 7.42. The Balaban J connectivity index is 0.000000184. The second kappa shape index (κ2) is 12.9. The highest BCUT2D eigenvalue weighted by Gasteiger charge is 2.13. The van der Waals surface area contributed by atoms with Gasteiger partial charge in [0.2, 0.25) is 0 Å². The van der Waals surface area contributed by atoms with E-state index in [4.69, 9.17) is 33.3 Å². The zero-order chi connectivity index (χ0) is 33.1. The van der Waals surface area contributed by atoms with E-state index < -0.39 is 0 Å². The van der Waals surface area contributed by atoms with Crippen molar-refractivity contribution >= 4 is 67.0 Å². The van der Waals surface area contributed by atoms with E-state index in [-0.39, 0.29) is 23.8 Å². The molecule has 236 valence electrons. The molecule has 12 N–H and O–H groups in total. The topological polar surface area (TPSA) is 226 Å². The molecule has 12 heteroatoms. The van der Waals surface area contributed by atoms with Crippen LogP contribution in [0.3, 0.4) is 0 Å². The number of H-pyrrole nitrogens is 2. The van der Waals surface area contributed by atoms with E-state index in [0.29, 0.717) is 22.8 Å². The maximum Gasteiger partial charge on any atom is 0.172 e. The fraction of sp³-hybridized carbons (Fsp3) is 0.176. The Hall–Kier alpha value is -6.04. The van der Waals surface area contributed by atoms with Gasteiger partial charge in [0.05, 0.1) is 11.0 Å². The van der Waals surface area contributed by atoms with Gasteiger partial charge in [0.1, 0.15) is 11.7 Å². The summed E-state index contributed by atoms with van der Waals surface area (Å²) >= 11 is 0.